The van der Waals surface area contributed by atoms with Crippen molar-refractivity contribution in [3.63, 3.8) is 0 Å². The largest absolute Gasteiger partial charge is 0.385 e. The van der Waals surface area contributed by atoms with Crippen molar-refractivity contribution in [2.45, 2.75) is 36.8 Å². The molecule has 0 saturated carbocycles. The van der Waals surface area contributed by atoms with Crippen LogP contribution in [0, 0.1) is 6.92 Å². The van der Waals surface area contributed by atoms with Crippen LogP contribution in [0.2, 0.25) is 0 Å². The third-order valence-electron chi connectivity index (χ3n) is 5.69. The summed E-state index contributed by atoms with van der Waals surface area (Å²) in [6, 6.07) is 7.49. The Labute approximate surface area is 192 Å². The van der Waals surface area contributed by atoms with Crippen LogP contribution in [0.25, 0.3) is 0 Å². The first-order chi connectivity index (χ1) is 15.4. The van der Waals surface area contributed by atoms with E-state index in [2.05, 4.69) is 10.3 Å². The summed E-state index contributed by atoms with van der Waals surface area (Å²) in [6.45, 7) is 3.10. The van der Waals surface area contributed by atoms with E-state index in [1.54, 1.807) is 25.1 Å². The van der Waals surface area contributed by atoms with Crippen LogP contribution in [-0.4, -0.2) is 64.7 Å². The SMILES string of the molecule is COCCCN1C(=O)CC(CC(=O)NCCSc2nccn2C)(c2ccccc2C)C1=O. The summed E-state index contributed by atoms with van der Waals surface area (Å²) in [4.78, 5) is 44.7. The molecule has 9 heteroatoms. The molecule has 32 heavy (non-hydrogen) atoms. The van der Waals surface area contributed by atoms with Gasteiger partial charge in [-0.2, -0.15) is 0 Å². The van der Waals surface area contributed by atoms with Gasteiger partial charge < -0.3 is 14.6 Å². The fourth-order valence-corrected chi connectivity index (χ4v) is 4.89. The number of likely N-dealkylation sites (tertiary alicyclic amines) is 1. The molecule has 2 aromatic rings. The summed E-state index contributed by atoms with van der Waals surface area (Å²) in [5.41, 5.74) is 0.461. The predicted octanol–water partition coefficient (Wildman–Crippen LogP) is 2.06. The second-order valence-electron chi connectivity index (χ2n) is 7.97. The van der Waals surface area contributed by atoms with Gasteiger partial charge in [0, 0.05) is 64.8 Å². The molecule has 3 amide bonds. The maximum absolute atomic E-state index is 13.5. The Balaban J connectivity index is 1.72. The molecule has 0 spiro atoms. The molecule has 1 aromatic carbocycles. The van der Waals surface area contributed by atoms with Gasteiger partial charge in [0.2, 0.25) is 17.7 Å². The summed E-state index contributed by atoms with van der Waals surface area (Å²) in [6.07, 6.45) is 4.10. The molecule has 2 heterocycles. The summed E-state index contributed by atoms with van der Waals surface area (Å²) in [7, 11) is 3.50. The average Bonchev–Trinajstić information content (AvgIpc) is 3.27. The van der Waals surface area contributed by atoms with Crippen molar-refractivity contribution < 1.29 is 19.1 Å². The van der Waals surface area contributed by atoms with Crippen LogP contribution in [0.15, 0.2) is 41.8 Å². The number of thioether (sulfide) groups is 1. The highest BCUT2D eigenvalue weighted by molar-refractivity contribution is 7.99. The van der Waals surface area contributed by atoms with Crippen LogP contribution >= 0.6 is 11.8 Å². The van der Waals surface area contributed by atoms with Crippen LogP contribution < -0.4 is 5.32 Å². The van der Waals surface area contributed by atoms with Gasteiger partial charge in [0.05, 0.1) is 5.41 Å². The van der Waals surface area contributed by atoms with Crippen LogP contribution in [-0.2, 0) is 31.6 Å². The molecule has 0 aliphatic carbocycles. The number of methoxy groups -OCH3 is 1. The minimum Gasteiger partial charge on any atom is -0.385 e. The number of amides is 3. The molecule has 1 aliphatic heterocycles. The first kappa shape index (κ1) is 24.0. The Morgan fingerprint density at radius 3 is 2.78 bits per heavy atom. The number of aryl methyl sites for hydroxylation is 2. The topological polar surface area (TPSA) is 93.5 Å². The van der Waals surface area contributed by atoms with Gasteiger partial charge in [0.1, 0.15) is 0 Å². The van der Waals surface area contributed by atoms with Crippen molar-refractivity contribution in [1.82, 2.24) is 19.8 Å². The number of rotatable bonds is 11. The van der Waals surface area contributed by atoms with E-state index in [9.17, 15) is 14.4 Å². The molecule has 1 N–H and O–H groups in total. The number of hydrogen-bond donors (Lipinski definition) is 1. The predicted molar refractivity (Wildman–Crippen MR) is 122 cm³/mol. The quantitative estimate of drug-likeness (QED) is 0.315. The van der Waals surface area contributed by atoms with Gasteiger partial charge in [-0.15, -0.1) is 0 Å². The zero-order chi connectivity index (χ0) is 23.1. The van der Waals surface area contributed by atoms with E-state index in [1.807, 2.05) is 49.0 Å². The van der Waals surface area contributed by atoms with Gasteiger partial charge in [0.25, 0.3) is 0 Å². The number of imidazole rings is 1. The van der Waals surface area contributed by atoms with Gasteiger partial charge in [-0.25, -0.2) is 4.98 Å². The first-order valence-corrected chi connectivity index (χ1v) is 11.6. The summed E-state index contributed by atoms with van der Waals surface area (Å²) < 4.78 is 6.98. The second-order valence-corrected chi connectivity index (χ2v) is 9.03. The zero-order valence-corrected chi connectivity index (χ0v) is 19.6. The lowest BCUT2D eigenvalue weighted by Crippen LogP contribution is -2.43. The van der Waals surface area contributed by atoms with Gasteiger partial charge in [0.15, 0.2) is 5.16 Å². The molecule has 1 saturated heterocycles. The van der Waals surface area contributed by atoms with Crippen molar-refractivity contribution in [2.75, 3.05) is 32.6 Å². The van der Waals surface area contributed by atoms with E-state index >= 15 is 0 Å². The Morgan fingerprint density at radius 2 is 2.09 bits per heavy atom. The van der Waals surface area contributed by atoms with Crippen molar-refractivity contribution in [3.8, 4) is 0 Å². The number of carbonyl (C=O) groups is 3. The molecule has 1 atom stereocenters. The molecule has 1 unspecified atom stereocenters. The zero-order valence-electron chi connectivity index (χ0n) is 18.8. The van der Waals surface area contributed by atoms with E-state index in [1.165, 1.54) is 4.90 Å². The van der Waals surface area contributed by atoms with Crippen LogP contribution in [0.3, 0.4) is 0 Å². The van der Waals surface area contributed by atoms with Gasteiger partial charge in [-0.3, -0.25) is 19.3 Å². The van der Waals surface area contributed by atoms with Gasteiger partial charge >= 0.3 is 0 Å². The molecular weight excluding hydrogens is 428 g/mol. The smallest absolute Gasteiger partial charge is 0.240 e. The third kappa shape index (κ3) is 5.21. The minimum absolute atomic E-state index is 0.000884. The third-order valence-corrected chi connectivity index (χ3v) is 6.75. The molecule has 1 fully saturated rings. The van der Waals surface area contributed by atoms with Crippen LogP contribution in [0.5, 0.6) is 0 Å². The number of ether oxygens (including phenoxy) is 1. The summed E-state index contributed by atoms with van der Waals surface area (Å²) in [5, 5.41) is 3.78. The van der Waals surface area contributed by atoms with E-state index in [0.29, 0.717) is 31.9 Å². The number of nitrogens with zero attached hydrogens (tertiary/aromatic N) is 3. The Morgan fingerprint density at radius 1 is 1.31 bits per heavy atom. The van der Waals surface area contributed by atoms with Crippen LogP contribution in [0.4, 0.5) is 0 Å². The van der Waals surface area contributed by atoms with E-state index in [-0.39, 0.29) is 30.6 Å². The second kappa shape index (κ2) is 10.8. The number of carbonyl (C=O) groups excluding carboxylic acids is 3. The highest BCUT2D eigenvalue weighted by atomic mass is 32.2. The first-order valence-electron chi connectivity index (χ1n) is 10.7. The van der Waals surface area contributed by atoms with Crippen molar-refractivity contribution in [1.29, 1.82) is 0 Å². The lowest BCUT2D eigenvalue weighted by atomic mass is 9.74. The summed E-state index contributed by atoms with van der Waals surface area (Å²) in [5.74, 6) is -0.129. The molecule has 1 aromatic heterocycles. The molecular formula is C23H30N4O4S. The Hall–Kier alpha value is -2.65. The number of aromatic nitrogens is 2. The van der Waals surface area contributed by atoms with Gasteiger partial charge in [-0.1, -0.05) is 36.0 Å². The Bertz CT molecular complexity index is 976. The molecule has 3 rings (SSSR count). The highest BCUT2D eigenvalue weighted by Crippen LogP contribution is 2.41. The number of hydrogen-bond acceptors (Lipinski definition) is 6. The molecule has 8 nitrogen and oxygen atoms in total. The average molecular weight is 459 g/mol. The van der Waals surface area contributed by atoms with Gasteiger partial charge in [-0.05, 0) is 24.5 Å². The van der Waals surface area contributed by atoms with Crippen LogP contribution in [0.1, 0.15) is 30.4 Å². The maximum atomic E-state index is 13.5. The number of benzene rings is 1. The molecule has 0 radical (unpaired) electrons. The lowest BCUT2D eigenvalue weighted by molar-refractivity contribution is -0.141. The molecule has 0 bridgehead atoms. The number of nitrogens with one attached hydrogen (secondary N) is 1. The highest BCUT2D eigenvalue weighted by Gasteiger charge is 2.53. The normalized spacial score (nSPS) is 18.4. The summed E-state index contributed by atoms with van der Waals surface area (Å²) >= 11 is 1.54. The fourth-order valence-electron chi connectivity index (χ4n) is 4.11. The van der Waals surface area contributed by atoms with Crippen molar-refractivity contribution in [3.05, 3.63) is 47.8 Å². The van der Waals surface area contributed by atoms with E-state index in [4.69, 9.17) is 4.74 Å². The monoisotopic (exact) mass is 458 g/mol. The van der Waals surface area contributed by atoms with E-state index in [0.717, 1.165) is 16.3 Å². The van der Waals surface area contributed by atoms with E-state index < -0.39 is 5.41 Å². The fraction of sp³-hybridized carbons (Fsp3) is 0.478. The minimum atomic E-state index is -1.17. The lowest BCUT2D eigenvalue weighted by Gasteiger charge is -2.28. The maximum Gasteiger partial charge on any atom is 0.240 e. The standard InChI is InChI=1S/C23H30N4O4S/c1-17-7-4-5-8-18(17)23(16-20(29)27(21(23)30)11-6-13-31-3)15-19(28)24-10-14-32-22-25-9-12-26(22)2/h4-5,7-9,12H,6,10-11,13-16H2,1-3H3,(H,24,28). The number of imide groups is 1. The Kier molecular flexibility index (Phi) is 8.09. The molecule has 1 aliphatic rings. The molecule has 172 valence electrons. The van der Waals surface area contributed by atoms with Crippen molar-refractivity contribution >= 4 is 29.5 Å². The van der Waals surface area contributed by atoms with Crippen molar-refractivity contribution in [2.24, 2.45) is 7.05 Å².